The van der Waals surface area contributed by atoms with Crippen LogP contribution in [0.15, 0.2) is 107 Å². The van der Waals surface area contributed by atoms with Crippen molar-refractivity contribution in [3.63, 3.8) is 0 Å². The molecule has 0 saturated carbocycles. The molecule has 1 aliphatic rings. The fourth-order valence-electron chi connectivity index (χ4n) is 3.93. The number of carbonyl (C=O) groups is 2. The van der Waals surface area contributed by atoms with Gasteiger partial charge in [-0.2, -0.15) is 5.26 Å². The Bertz CT molecular complexity index is 1360. The average molecular weight is 515 g/mol. The third kappa shape index (κ3) is 5.88. The number of allylic oxidation sites excluding steroid dienone is 2. The zero-order chi connectivity index (χ0) is 25.5. The monoisotopic (exact) mass is 514 g/mol. The first-order valence-corrected chi connectivity index (χ1v) is 12.6. The number of Topliss-reactive ketones (excluding diaryl/α,β-unsaturated/α-hetero) is 1. The molecule has 36 heavy (non-hydrogen) atoms. The summed E-state index contributed by atoms with van der Waals surface area (Å²) in [6.07, 6.45) is 0. The molecular formula is C29H23ClN2O3S. The van der Waals surface area contributed by atoms with Crippen LogP contribution in [0.25, 0.3) is 0 Å². The number of dihydropyridines is 1. The van der Waals surface area contributed by atoms with Gasteiger partial charge in [0.2, 0.25) is 0 Å². The van der Waals surface area contributed by atoms with Crippen molar-refractivity contribution < 1.29 is 14.3 Å². The molecule has 3 aromatic carbocycles. The van der Waals surface area contributed by atoms with Crippen molar-refractivity contribution in [3.05, 3.63) is 129 Å². The minimum absolute atomic E-state index is 0.0510. The number of ketones is 1. The molecule has 4 rings (SSSR count). The van der Waals surface area contributed by atoms with Crippen molar-refractivity contribution in [2.45, 2.75) is 19.4 Å². The summed E-state index contributed by atoms with van der Waals surface area (Å²) in [5.74, 6) is -1.08. The lowest BCUT2D eigenvalue weighted by Crippen LogP contribution is -2.29. The fraction of sp³-hybridized carbons (Fsp3) is 0.138. The Morgan fingerprint density at radius 2 is 1.64 bits per heavy atom. The van der Waals surface area contributed by atoms with Crippen LogP contribution in [0.1, 0.15) is 34.3 Å². The standard InChI is InChI=1S/C29H23ClN2O3S/c1-19-26(29(34)35-17-20-8-4-2-5-9-20)27(22-12-14-23(30)15-13-22)24(16-31)28(32-19)36-18-25(33)21-10-6-3-7-11-21/h2-15,27,32H,17-18H2,1H3/t27-/m1/s1. The number of nitriles is 1. The maximum atomic E-state index is 13.3. The molecule has 5 nitrogen and oxygen atoms in total. The lowest BCUT2D eigenvalue weighted by Gasteiger charge is -2.29. The van der Waals surface area contributed by atoms with E-state index in [1.54, 1.807) is 43.3 Å². The van der Waals surface area contributed by atoms with E-state index in [-0.39, 0.29) is 18.1 Å². The van der Waals surface area contributed by atoms with E-state index in [9.17, 15) is 14.9 Å². The number of halogens is 1. The van der Waals surface area contributed by atoms with E-state index in [1.807, 2.05) is 48.5 Å². The predicted molar refractivity (Wildman–Crippen MR) is 142 cm³/mol. The van der Waals surface area contributed by atoms with Crippen LogP contribution in [-0.4, -0.2) is 17.5 Å². The summed E-state index contributed by atoms with van der Waals surface area (Å²) in [7, 11) is 0. The van der Waals surface area contributed by atoms with Gasteiger partial charge in [0.05, 0.1) is 33.9 Å². The molecule has 0 bridgehead atoms. The molecule has 180 valence electrons. The quantitative estimate of drug-likeness (QED) is 0.277. The van der Waals surface area contributed by atoms with Crippen LogP contribution in [0.2, 0.25) is 5.02 Å². The molecule has 0 amide bonds. The molecule has 0 unspecified atom stereocenters. The Labute approximate surface area is 219 Å². The Hall–Kier alpha value is -3.79. The topological polar surface area (TPSA) is 79.2 Å². The van der Waals surface area contributed by atoms with Crippen molar-refractivity contribution in [2.75, 3.05) is 5.75 Å². The number of thioether (sulfide) groups is 1. The van der Waals surface area contributed by atoms with Gasteiger partial charge in [-0.1, -0.05) is 96.2 Å². The Kier molecular flexibility index (Phi) is 8.27. The number of esters is 1. The third-order valence-electron chi connectivity index (χ3n) is 5.73. The fourth-order valence-corrected chi connectivity index (χ4v) is 5.04. The number of nitrogens with zero attached hydrogens (tertiary/aromatic N) is 1. The SMILES string of the molecule is CC1=C(C(=O)OCc2ccccc2)[C@H](c2ccc(Cl)cc2)C(C#N)=C(SCC(=O)c2ccccc2)N1. The lowest BCUT2D eigenvalue weighted by molar-refractivity contribution is -0.140. The largest absolute Gasteiger partial charge is 0.457 e. The van der Waals surface area contributed by atoms with Gasteiger partial charge in [0, 0.05) is 16.3 Å². The summed E-state index contributed by atoms with van der Waals surface area (Å²) in [6.45, 7) is 1.89. The summed E-state index contributed by atoms with van der Waals surface area (Å²) in [5, 5.41) is 14.5. The molecule has 1 heterocycles. The predicted octanol–water partition coefficient (Wildman–Crippen LogP) is 6.40. The maximum Gasteiger partial charge on any atom is 0.337 e. The molecule has 0 saturated heterocycles. The van der Waals surface area contributed by atoms with Crippen molar-refractivity contribution in [3.8, 4) is 6.07 Å². The molecule has 0 aliphatic carbocycles. The van der Waals surface area contributed by atoms with Crippen LogP contribution >= 0.6 is 23.4 Å². The van der Waals surface area contributed by atoms with Gasteiger partial charge >= 0.3 is 5.97 Å². The van der Waals surface area contributed by atoms with Crippen molar-refractivity contribution in [1.82, 2.24) is 5.32 Å². The highest BCUT2D eigenvalue weighted by Gasteiger charge is 2.35. The maximum absolute atomic E-state index is 13.3. The van der Waals surface area contributed by atoms with E-state index in [0.29, 0.717) is 32.5 Å². The molecular weight excluding hydrogens is 492 g/mol. The van der Waals surface area contributed by atoms with Gasteiger partial charge in [0.25, 0.3) is 0 Å². The molecule has 1 atom stereocenters. The number of hydrogen-bond donors (Lipinski definition) is 1. The highest BCUT2D eigenvalue weighted by molar-refractivity contribution is 8.03. The zero-order valence-corrected chi connectivity index (χ0v) is 21.1. The summed E-state index contributed by atoms with van der Waals surface area (Å²) in [5.41, 5.74) is 3.47. The second-order valence-electron chi connectivity index (χ2n) is 8.14. The number of ether oxygens (including phenoxy) is 1. The van der Waals surface area contributed by atoms with E-state index in [0.717, 1.165) is 11.1 Å². The molecule has 1 N–H and O–H groups in total. The van der Waals surface area contributed by atoms with Crippen LogP contribution in [0.5, 0.6) is 0 Å². The minimum Gasteiger partial charge on any atom is -0.457 e. The molecule has 0 spiro atoms. The smallest absolute Gasteiger partial charge is 0.337 e. The average Bonchev–Trinajstić information content (AvgIpc) is 2.91. The summed E-state index contributed by atoms with van der Waals surface area (Å²) >= 11 is 7.35. The summed E-state index contributed by atoms with van der Waals surface area (Å²) < 4.78 is 5.64. The van der Waals surface area contributed by atoms with Crippen LogP contribution in [0.3, 0.4) is 0 Å². The van der Waals surface area contributed by atoms with Gasteiger partial charge in [-0.05, 0) is 30.2 Å². The zero-order valence-electron chi connectivity index (χ0n) is 19.5. The van der Waals surface area contributed by atoms with Crippen molar-refractivity contribution in [1.29, 1.82) is 5.26 Å². The van der Waals surface area contributed by atoms with E-state index < -0.39 is 11.9 Å². The first-order chi connectivity index (χ1) is 17.5. The molecule has 7 heteroatoms. The third-order valence-corrected chi connectivity index (χ3v) is 7.00. The van der Waals surface area contributed by atoms with E-state index >= 15 is 0 Å². The number of hydrogen-bond acceptors (Lipinski definition) is 6. The summed E-state index contributed by atoms with van der Waals surface area (Å²) in [4.78, 5) is 26.0. The Balaban J connectivity index is 1.64. The van der Waals surface area contributed by atoms with Gasteiger partial charge in [-0.3, -0.25) is 4.79 Å². The number of rotatable bonds is 8. The molecule has 0 aromatic heterocycles. The highest BCUT2D eigenvalue weighted by atomic mass is 35.5. The van der Waals surface area contributed by atoms with Crippen molar-refractivity contribution >= 4 is 35.1 Å². The van der Waals surface area contributed by atoms with Crippen LogP contribution in [0, 0.1) is 11.3 Å². The Morgan fingerprint density at radius 3 is 2.28 bits per heavy atom. The molecule has 0 radical (unpaired) electrons. The van der Waals surface area contributed by atoms with Crippen LogP contribution in [-0.2, 0) is 16.1 Å². The number of nitrogens with one attached hydrogen (secondary N) is 1. The van der Waals surface area contributed by atoms with Gasteiger partial charge in [-0.15, -0.1) is 0 Å². The second-order valence-corrected chi connectivity index (χ2v) is 9.56. The normalized spacial score (nSPS) is 15.2. The highest BCUT2D eigenvalue weighted by Crippen LogP contribution is 2.41. The second kappa shape index (κ2) is 11.8. The molecule has 3 aromatic rings. The van der Waals surface area contributed by atoms with E-state index in [2.05, 4.69) is 11.4 Å². The number of carbonyl (C=O) groups excluding carboxylic acids is 2. The van der Waals surface area contributed by atoms with Crippen LogP contribution < -0.4 is 5.32 Å². The van der Waals surface area contributed by atoms with Gasteiger partial charge in [0.1, 0.15) is 6.61 Å². The van der Waals surface area contributed by atoms with E-state index in [1.165, 1.54) is 11.8 Å². The first kappa shape index (κ1) is 25.3. The van der Waals surface area contributed by atoms with Gasteiger partial charge in [-0.25, -0.2) is 4.79 Å². The van der Waals surface area contributed by atoms with Crippen LogP contribution in [0.4, 0.5) is 0 Å². The first-order valence-electron chi connectivity index (χ1n) is 11.3. The lowest BCUT2D eigenvalue weighted by atomic mass is 9.82. The molecule has 0 fully saturated rings. The minimum atomic E-state index is -0.661. The number of benzene rings is 3. The molecule has 1 aliphatic heterocycles. The van der Waals surface area contributed by atoms with Gasteiger partial charge < -0.3 is 10.1 Å². The van der Waals surface area contributed by atoms with E-state index in [4.69, 9.17) is 16.3 Å². The van der Waals surface area contributed by atoms with Gasteiger partial charge in [0.15, 0.2) is 5.78 Å². The van der Waals surface area contributed by atoms with Crippen molar-refractivity contribution in [2.24, 2.45) is 0 Å². The Morgan fingerprint density at radius 1 is 1.00 bits per heavy atom. The summed E-state index contributed by atoms with van der Waals surface area (Å²) in [6, 6.07) is 27.7.